The molecule has 26 heavy (non-hydrogen) atoms. The second kappa shape index (κ2) is 7.48. The Balaban J connectivity index is 1.67. The molecule has 0 saturated heterocycles. The predicted molar refractivity (Wildman–Crippen MR) is 113 cm³/mol. The molecule has 2 aromatic carbocycles. The summed E-state index contributed by atoms with van der Waals surface area (Å²) in [4.78, 5) is 9.48. The molecule has 0 unspecified atom stereocenters. The molecule has 0 amide bonds. The Morgan fingerprint density at radius 2 is 1.58 bits per heavy atom. The summed E-state index contributed by atoms with van der Waals surface area (Å²) in [5, 5.41) is 6.50. The highest BCUT2D eigenvalue weighted by Crippen LogP contribution is 2.37. The van der Waals surface area contributed by atoms with Crippen molar-refractivity contribution in [3.63, 3.8) is 0 Å². The van der Waals surface area contributed by atoms with E-state index in [1.54, 1.807) is 29.8 Å². The Morgan fingerprint density at radius 1 is 0.923 bits per heavy atom. The molecule has 2 heterocycles. The van der Waals surface area contributed by atoms with Crippen LogP contribution >= 0.6 is 50.2 Å². The quantitative estimate of drug-likeness (QED) is 0.326. The van der Waals surface area contributed by atoms with Crippen molar-refractivity contribution in [2.24, 2.45) is 0 Å². The summed E-state index contributed by atoms with van der Waals surface area (Å²) < 4.78 is 6.48. The molecular weight excluding hydrogens is 452 g/mol. The van der Waals surface area contributed by atoms with E-state index in [-0.39, 0.29) is 0 Å². The summed E-state index contributed by atoms with van der Waals surface area (Å²) in [6.07, 6.45) is 0. The molecule has 4 rings (SSSR count). The maximum absolute atomic E-state index is 6.14. The minimum atomic E-state index is 0.655. The van der Waals surface area contributed by atoms with Crippen LogP contribution in [0.2, 0.25) is 5.02 Å². The van der Waals surface area contributed by atoms with Crippen molar-refractivity contribution in [3.8, 4) is 38.3 Å². The molecular formula is C19H12BrClN2OS2. The second-order valence-corrected chi connectivity index (χ2v) is 8.50. The van der Waals surface area contributed by atoms with E-state index in [1.165, 1.54) is 0 Å². The van der Waals surface area contributed by atoms with Crippen LogP contribution in [0.15, 0.2) is 57.7 Å². The highest BCUT2D eigenvalue weighted by Gasteiger charge is 2.14. The Kier molecular flexibility index (Phi) is 5.09. The molecule has 4 aromatic rings. The zero-order valence-electron chi connectivity index (χ0n) is 13.6. The van der Waals surface area contributed by atoms with Crippen molar-refractivity contribution in [1.82, 2.24) is 9.97 Å². The lowest BCUT2D eigenvalue weighted by atomic mass is 10.1. The molecule has 3 nitrogen and oxygen atoms in total. The highest BCUT2D eigenvalue weighted by atomic mass is 79.9. The summed E-state index contributed by atoms with van der Waals surface area (Å²) >= 11 is 12.7. The Hall–Kier alpha value is -1.73. The lowest BCUT2D eigenvalue weighted by molar-refractivity contribution is 0.416. The van der Waals surface area contributed by atoms with Gasteiger partial charge in [-0.2, -0.15) is 0 Å². The Morgan fingerprint density at radius 3 is 2.27 bits per heavy atom. The van der Waals surface area contributed by atoms with Gasteiger partial charge in [0.15, 0.2) is 10.0 Å². The van der Waals surface area contributed by atoms with Crippen LogP contribution in [0.1, 0.15) is 0 Å². The maximum atomic E-state index is 6.14. The molecule has 0 aliphatic heterocycles. The summed E-state index contributed by atoms with van der Waals surface area (Å²) in [6.45, 7) is 0. The van der Waals surface area contributed by atoms with Gasteiger partial charge in [-0.1, -0.05) is 39.7 Å². The van der Waals surface area contributed by atoms with Crippen LogP contribution in [0.4, 0.5) is 0 Å². The summed E-state index contributed by atoms with van der Waals surface area (Å²) in [6, 6.07) is 13.7. The van der Waals surface area contributed by atoms with E-state index in [2.05, 4.69) is 21.3 Å². The largest absolute Gasteiger partial charge is 0.496 e. The number of aromatic nitrogens is 2. The number of methoxy groups -OCH3 is 1. The highest BCUT2D eigenvalue weighted by molar-refractivity contribution is 9.10. The number of rotatable bonds is 4. The van der Waals surface area contributed by atoms with Gasteiger partial charge in [-0.25, -0.2) is 9.97 Å². The van der Waals surface area contributed by atoms with Crippen molar-refractivity contribution in [3.05, 3.63) is 62.7 Å². The monoisotopic (exact) mass is 462 g/mol. The van der Waals surface area contributed by atoms with Crippen molar-refractivity contribution in [2.45, 2.75) is 0 Å². The predicted octanol–water partition coefficient (Wildman–Crippen LogP) is 7.03. The van der Waals surface area contributed by atoms with Crippen LogP contribution in [0.5, 0.6) is 5.75 Å². The standard InChI is InChI=1S/C19H12BrClN2OS2/c1-24-17-7-6-13(21)8-14(17)16-10-26-19(23-16)18-22-15(9-25-18)11-2-4-12(20)5-3-11/h2-10H,1H3. The normalized spacial score (nSPS) is 10.9. The van der Waals surface area contributed by atoms with Crippen molar-refractivity contribution in [2.75, 3.05) is 7.11 Å². The van der Waals surface area contributed by atoms with Crippen molar-refractivity contribution in [1.29, 1.82) is 0 Å². The fourth-order valence-electron chi connectivity index (χ4n) is 2.50. The van der Waals surface area contributed by atoms with Crippen LogP contribution in [-0.4, -0.2) is 17.1 Å². The molecule has 0 aliphatic carbocycles. The maximum Gasteiger partial charge on any atom is 0.152 e. The van der Waals surface area contributed by atoms with Crippen molar-refractivity contribution < 1.29 is 4.74 Å². The van der Waals surface area contributed by atoms with Crippen LogP contribution in [0.25, 0.3) is 32.5 Å². The molecule has 130 valence electrons. The smallest absolute Gasteiger partial charge is 0.152 e. The molecule has 0 saturated carbocycles. The van der Waals surface area contributed by atoms with E-state index in [4.69, 9.17) is 26.3 Å². The molecule has 0 N–H and O–H groups in total. The number of benzene rings is 2. The third-order valence-corrected chi connectivity index (χ3v) is 6.36. The average Bonchev–Trinajstić information content (AvgIpc) is 3.32. The third kappa shape index (κ3) is 3.55. The molecule has 0 bridgehead atoms. The molecule has 0 atom stereocenters. The summed E-state index contributed by atoms with van der Waals surface area (Å²) in [5.74, 6) is 0.751. The van der Waals surface area contributed by atoms with Gasteiger partial charge in [0.2, 0.25) is 0 Å². The minimum absolute atomic E-state index is 0.655. The minimum Gasteiger partial charge on any atom is -0.496 e. The zero-order valence-corrected chi connectivity index (χ0v) is 17.5. The summed E-state index contributed by atoms with van der Waals surface area (Å²) in [7, 11) is 1.64. The van der Waals surface area contributed by atoms with E-state index >= 15 is 0 Å². The number of thiazole rings is 2. The zero-order chi connectivity index (χ0) is 18.1. The van der Waals surface area contributed by atoms with Crippen LogP contribution in [0, 0.1) is 0 Å². The molecule has 2 aromatic heterocycles. The van der Waals surface area contributed by atoms with Crippen LogP contribution < -0.4 is 4.74 Å². The second-order valence-electron chi connectivity index (χ2n) is 5.43. The lowest BCUT2D eigenvalue weighted by Crippen LogP contribution is -1.88. The van der Waals surface area contributed by atoms with E-state index in [0.717, 1.165) is 42.8 Å². The number of hydrogen-bond acceptors (Lipinski definition) is 5. The van der Waals surface area contributed by atoms with Gasteiger partial charge in [0, 0.05) is 31.4 Å². The number of ether oxygens (including phenoxy) is 1. The Labute approximate surface area is 172 Å². The first-order valence-corrected chi connectivity index (χ1v) is 10.6. The van der Waals surface area contributed by atoms with E-state index in [0.29, 0.717) is 5.02 Å². The Bertz CT molecular complexity index is 1060. The SMILES string of the molecule is COc1ccc(Cl)cc1-c1csc(-c2nc(-c3ccc(Br)cc3)cs2)n1. The van der Waals surface area contributed by atoms with E-state index in [9.17, 15) is 0 Å². The molecule has 0 spiro atoms. The van der Waals surface area contributed by atoms with Gasteiger partial charge >= 0.3 is 0 Å². The van der Waals surface area contributed by atoms with E-state index < -0.39 is 0 Å². The topological polar surface area (TPSA) is 35.0 Å². The first kappa shape index (κ1) is 17.7. The van der Waals surface area contributed by atoms with Gasteiger partial charge in [-0.15, -0.1) is 22.7 Å². The first-order chi connectivity index (χ1) is 12.6. The van der Waals surface area contributed by atoms with Crippen LogP contribution in [-0.2, 0) is 0 Å². The van der Waals surface area contributed by atoms with Gasteiger partial charge in [0.05, 0.1) is 18.5 Å². The molecule has 0 radical (unpaired) electrons. The summed E-state index contributed by atoms with van der Waals surface area (Å²) in [5.41, 5.74) is 3.76. The van der Waals surface area contributed by atoms with Gasteiger partial charge in [0.1, 0.15) is 5.75 Å². The van der Waals surface area contributed by atoms with Gasteiger partial charge < -0.3 is 4.74 Å². The molecule has 0 aliphatic rings. The number of hydrogen-bond donors (Lipinski definition) is 0. The van der Waals surface area contributed by atoms with Gasteiger partial charge in [-0.3, -0.25) is 0 Å². The third-order valence-electron chi connectivity index (χ3n) is 3.77. The average molecular weight is 464 g/mol. The first-order valence-electron chi connectivity index (χ1n) is 7.65. The van der Waals surface area contributed by atoms with Gasteiger partial charge in [0.25, 0.3) is 0 Å². The molecule has 7 heteroatoms. The lowest BCUT2D eigenvalue weighted by Gasteiger charge is -2.06. The van der Waals surface area contributed by atoms with Gasteiger partial charge in [-0.05, 0) is 30.3 Å². The molecule has 0 fully saturated rings. The van der Waals surface area contributed by atoms with Crippen LogP contribution in [0.3, 0.4) is 0 Å². The van der Waals surface area contributed by atoms with Crippen molar-refractivity contribution >= 4 is 50.2 Å². The van der Waals surface area contributed by atoms with E-state index in [1.807, 2.05) is 47.8 Å². The number of halogens is 2. The fraction of sp³-hybridized carbons (Fsp3) is 0.0526. The number of nitrogens with zero attached hydrogens (tertiary/aromatic N) is 2. The fourth-order valence-corrected chi connectivity index (χ4v) is 4.64.